The summed E-state index contributed by atoms with van der Waals surface area (Å²) < 4.78 is 0.228. The first-order valence-corrected chi connectivity index (χ1v) is 6.15. The number of rotatable bonds is 3. The van der Waals surface area contributed by atoms with Gasteiger partial charge in [0.2, 0.25) is 0 Å². The third-order valence-corrected chi connectivity index (χ3v) is 3.34. The number of hydrogen-bond acceptors (Lipinski definition) is 3. The fourth-order valence-corrected chi connectivity index (χ4v) is 1.96. The van der Waals surface area contributed by atoms with Crippen molar-refractivity contribution in [2.24, 2.45) is 5.84 Å². The summed E-state index contributed by atoms with van der Waals surface area (Å²) in [5, 5.41) is 0. The van der Waals surface area contributed by atoms with E-state index in [-0.39, 0.29) is 10.7 Å². The van der Waals surface area contributed by atoms with Crippen LogP contribution in [0.15, 0.2) is 24.3 Å². The maximum Gasteiger partial charge on any atom is 0.265 e. The predicted octanol–water partition coefficient (Wildman–Crippen LogP) is 2.32. The van der Waals surface area contributed by atoms with E-state index in [4.69, 9.17) is 5.84 Å². The van der Waals surface area contributed by atoms with Gasteiger partial charge in [-0.2, -0.15) is 11.8 Å². The smallest absolute Gasteiger partial charge is 0.265 e. The van der Waals surface area contributed by atoms with Crippen molar-refractivity contribution >= 4 is 17.7 Å². The van der Waals surface area contributed by atoms with Crippen LogP contribution in [0.25, 0.3) is 0 Å². The zero-order valence-corrected chi connectivity index (χ0v) is 10.7. The molecule has 3 N–H and O–H groups in total. The summed E-state index contributed by atoms with van der Waals surface area (Å²) in [6.07, 6.45) is 0. The minimum absolute atomic E-state index is 0.228. The van der Waals surface area contributed by atoms with Crippen molar-refractivity contribution in [1.29, 1.82) is 0 Å². The monoisotopic (exact) mass is 238 g/mol. The van der Waals surface area contributed by atoms with Crippen molar-refractivity contribution in [3.8, 4) is 0 Å². The lowest BCUT2D eigenvalue weighted by Crippen LogP contribution is -2.29. The third-order valence-electron chi connectivity index (χ3n) is 1.99. The quantitative estimate of drug-likeness (QED) is 0.483. The predicted molar refractivity (Wildman–Crippen MR) is 69.1 cm³/mol. The van der Waals surface area contributed by atoms with Crippen LogP contribution >= 0.6 is 11.8 Å². The fourth-order valence-electron chi connectivity index (χ4n) is 1.19. The van der Waals surface area contributed by atoms with Crippen molar-refractivity contribution in [3.63, 3.8) is 0 Å². The van der Waals surface area contributed by atoms with Gasteiger partial charge in [0.1, 0.15) is 0 Å². The van der Waals surface area contributed by atoms with E-state index in [1.165, 1.54) is 0 Å². The molecule has 0 spiro atoms. The number of nitrogen functional groups attached to an aromatic ring is 1. The average molecular weight is 238 g/mol. The Balaban J connectivity index is 2.71. The van der Waals surface area contributed by atoms with E-state index < -0.39 is 0 Å². The second-order valence-corrected chi connectivity index (χ2v) is 6.38. The molecule has 16 heavy (non-hydrogen) atoms. The van der Waals surface area contributed by atoms with Gasteiger partial charge in [0.25, 0.3) is 5.91 Å². The molecule has 0 saturated heterocycles. The second kappa shape index (κ2) is 5.37. The summed E-state index contributed by atoms with van der Waals surface area (Å²) >= 11 is 1.85. The molecule has 1 aromatic rings. The van der Waals surface area contributed by atoms with Crippen molar-refractivity contribution in [3.05, 3.63) is 35.4 Å². The molecule has 0 bridgehead atoms. The summed E-state index contributed by atoms with van der Waals surface area (Å²) in [7, 11) is 0. The molecule has 88 valence electrons. The molecular weight excluding hydrogens is 220 g/mol. The molecule has 4 heteroatoms. The third kappa shape index (κ3) is 4.24. The number of thioether (sulfide) groups is 1. The Labute approximate surface area is 101 Å². The Hall–Kier alpha value is -1.00. The Morgan fingerprint density at radius 2 is 2.12 bits per heavy atom. The number of benzene rings is 1. The standard InChI is InChI=1S/C12H18N2OS/c1-12(2,3)16-8-9-5-4-6-10(7-9)11(15)14-13/h4-7H,8,13H2,1-3H3,(H,14,15). The summed E-state index contributed by atoms with van der Waals surface area (Å²) in [5.74, 6) is 5.74. The highest BCUT2D eigenvalue weighted by molar-refractivity contribution is 7.99. The molecule has 0 aliphatic heterocycles. The van der Waals surface area contributed by atoms with Crippen LogP contribution < -0.4 is 11.3 Å². The largest absolute Gasteiger partial charge is 0.290 e. The molecule has 0 fully saturated rings. The van der Waals surface area contributed by atoms with E-state index >= 15 is 0 Å². The molecule has 0 aliphatic rings. The molecular formula is C12H18N2OS. The van der Waals surface area contributed by atoms with E-state index in [1.54, 1.807) is 6.07 Å². The van der Waals surface area contributed by atoms with Gasteiger partial charge < -0.3 is 0 Å². The van der Waals surface area contributed by atoms with Crippen LogP contribution in [0.2, 0.25) is 0 Å². The van der Waals surface area contributed by atoms with E-state index in [2.05, 4.69) is 26.2 Å². The van der Waals surface area contributed by atoms with Gasteiger partial charge >= 0.3 is 0 Å². The average Bonchev–Trinajstić information content (AvgIpc) is 2.25. The van der Waals surface area contributed by atoms with Crippen molar-refractivity contribution < 1.29 is 4.79 Å². The molecule has 1 rings (SSSR count). The lowest BCUT2D eigenvalue weighted by Gasteiger charge is -2.17. The Morgan fingerprint density at radius 3 is 2.69 bits per heavy atom. The zero-order valence-electron chi connectivity index (χ0n) is 9.91. The molecule has 1 amide bonds. The summed E-state index contributed by atoms with van der Waals surface area (Å²) in [4.78, 5) is 11.3. The Morgan fingerprint density at radius 1 is 1.44 bits per heavy atom. The first kappa shape index (κ1) is 13.1. The minimum atomic E-state index is -0.248. The molecule has 3 nitrogen and oxygen atoms in total. The van der Waals surface area contributed by atoms with Gasteiger partial charge in [-0.3, -0.25) is 10.2 Å². The van der Waals surface area contributed by atoms with Crippen LogP contribution in [0, 0.1) is 0 Å². The molecule has 0 saturated carbocycles. The fraction of sp³-hybridized carbons (Fsp3) is 0.417. The van der Waals surface area contributed by atoms with Crippen molar-refractivity contribution in [2.45, 2.75) is 31.3 Å². The van der Waals surface area contributed by atoms with Gasteiger partial charge in [-0.1, -0.05) is 32.9 Å². The SMILES string of the molecule is CC(C)(C)SCc1cccc(C(=O)NN)c1. The van der Waals surface area contributed by atoms with Gasteiger partial charge in [0.15, 0.2) is 0 Å². The van der Waals surface area contributed by atoms with Crippen LogP contribution in [0.4, 0.5) is 0 Å². The van der Waals surface area contributed by atoms with Crippen molar-refractivity contribution in [2.75, 3.05) is 0 Å². The van der Waals surface area contributed by atoms with Gasteiger partial charge in [-0.05, 0) is 17.7 Å². The number of carbonyl (C=O) groups is 1. The normalized spacial score (nSPS) is 11.2. The number of carbonyl (C=O) groups excluding carboxylic acids is 1. The number of hydrazine groups is 1. The lowest BCUT2D eigenvalue weighted by atomic mass is 10.1. The molecule has 0 atom stereocenters. The molecule has 0 unspecified atom stereocenters. The molecule has 1 aromatic carbocycles. The molecule has 0 aliphatic carbocycles. The molecule has 0 heterocycles. The highest BCUT2D eigenvalue weighted by atomic mass is 32.2. The van der Waals surface area contributed by atoms with Gasteiger partial charge in [0, 0.05) is 16.1 Å². The van der Waals surface area contributed by atoms with E-state index in [9.17, 15) is 4.79 Å². The van der Waals surface area contributed by atoms with Crippen LogP contribution in [-0.2, 0) is 5.75 Å². The number of nitrogens with two attached hydrogens (primary N) is 1. The first-order chi connectivity index (χ1) is 7.42. The summed E-state index contributed by atoms with van der Waals surface area (Å²) in [5.41, 5.74) is 3.88. The molecule has 0 radical (unpaired) electrons. The summed E-state index contributed by atoms with van der Waals surface area (Å²) in [6.45, 7) is 6.52. The van der Waals surface area contributed by atoms with Gasteiger partial charge in [-0.15, -0.1) is 0 Å². The number of amides is 1. The number of hydrogen-bond donors (Lipinski definition) is 2. The summed E-state index contributed by atoms with van der Waals surface area (Å²) in [6, 6.07) is 7.53. The zero-order chi connectivity index (χ0) is 12.2. The second-order valence-electron chi connectivity index (χ2n) is 4.57. The highest BCUT2D eigenvalue weighted by Crippen LogP contribution is 2.27. The van der Waals surface area contributed by atoms with Gasteiger partial charge in [0.05, 0.1) is 0 Å². The van der Waals surface area contributed by atoms with Crippen LogP contribution in [0.5, 0.6) is 0 Å². The Kier molecular flexibility index (Phi) is 4.38. The first-order valence-electron chi connectivity index (χ1n) is 5.16. The van der Waals surface area contributed by atoms with E-state index in [0.717, 1.165) is 11.3 Å². The number of nitrogens with one attached hydrogen (secondary N) is 1. The topological polar surface area (TPSA) is 55.1 Å². The Bertz CT molecular complexity index is 372. The maximum absolute atomic E-state index is 11.3. The van der Waals surface area contributed by atoms with Crippen LogP contribution in [-0.4, -0.2) is 10.7 Å². The maximum atomic E-state index is 11.3. The van der Waals surface area contributed by atoms with E-state index in [0.29, 0.717) is 5.56 Å². The van der Waals surface area contributed by atoms with Gasteiger partial charge in [-0.25, -0.2) is 5.84 Å². The van der Waals surface area contributed by atoms with Crippen LogP contribution in [0.3, 0.4) is 0 Å². The minimum Gasteiger partial charge on any atom is -0.290 e. The van der Waals surface area contributed by atoms with Crippen LogP contribution in [0.1, 0.15) is 36.7 Å². The molecule has 0 aromatic heterocycles. The highest BCUT2D eigenvalue weighted by Gasteiger charge is 2.11. The van der Waals surface area contributed by atoms with Crippen molar-refractivity contribution in [1.82, 2.24) is 5.43 Å². The van der Waals surface area contributed by atoms with E-state index in [1.807, 2.05) is 30.0 Å². The lowest BCUT2D eigenvalue weighted by molar-refractivity contribution is 0.0953.